The molecule has 6 heterocycles. The number of aromatic nitrogens is 4. The number of halogens is 2. The van der Waals surface area contributed by atoms with E-state index in [0.29, 0.717) is 61.9 Å². The molecule has 75 heavy (non-hydrogen) atoms. The number of piperidine rings is 2. The summed E-state index contributed by atoms with van der Waals surface area (Å²) in [7, 11) is 0. The van der Waals surface area contributed by atoms with Crippen molar-refractivity contribution in [1.82, 2.24) is 40.4 Å². The van der Waals surface area contributed by atoms with Gasteiger partial charge in [0.2, 0.25) is 17.7 Å². The third kappa shape index (κ3) is 12.8. The van der Waals surface area contributed by atoms with Crippen molar-refractivity contribution in [3.63, 3.8) is 0 Å². The van der Waals surface area contributed by atoms with Gasteiger partial charge in [0, 0.05) is 74.3 Å². The van der Waals surface area contributed by atoms with Gasteiger partial charge in [0.05, 0.1) is 45.7 Å². The Balaban J connectivity index is 0.769. The number of hydrogen-bond donors (Lipinski definition) is 5. The zero-order valence-corrected chi connectivity index (χ0v) is 46.0. The molecule has 1 aromatic carbocycles. The summed E-state index contributed by atoms with van der Waals surface area (Å²) in [5, 5.41) is 21.1. The van der Waals surface area contributed by atoms with Gasteiger partial charge in [0.15, 0.2) is 5.67 Å². The number of nitrogens with zero attached hydrogens (tertiary/aromatic N) is 7. The minimum atomic E-state index is -1.98. The molecule has 4 aromatic rings. The first-order chi connectivity index (χ1) is 35.8. The summed E-state index contributed by atoms with van der Waals surface area (Å²) in [5.74, 6) is 0.294. The molecule has 9 rings (SSSR count). The van der Waals surface area contributed by atoms with E-state index in [0.717, 1.165) is 76.2 Å². The number of aryl methyl sites for hydroxylation is 1. The molecule has 3 atom stereocenters. The Morgan fingerprint density at radius 3 is 2.36 bits per heavy atom. The minimum absolute atomic E-state index is 0.0165. The number of nitrogens with one attached hydrogen (secondary N) is 3. The minimum Gasteiger partial charge on any atom is -0.490 e. The van der Waals surface area contributed by atoms with Gasteiger partial charge in [0.25, 0.3) is 5.91 Å². The van der Waals surface area contributed by atoms with Crippen molar-refractivity contribution in [2.24, 2.45) is 22.5 Å². The molecule has 5 fully saturated rings. The van der Waals surface area contributed by atoms with E-state index in [1.807, 2.05) is 42.3 Å². The van der Waals surface area contributed by atoms with Gasteiger partial charge >= 0.3 is 0 Å². The highest BCUT2D eigenvalue weighted by Crippen LogP contribution is 2.42. The van der Waals surface area contributed by atoms with Crippen LogP contribution in [-0.4, -0.2) is 134 Å². The number of ether oxygens (including phenoxy) is 1. The Labute approximate surface area is 452 Å². The second-order valence-electron chi connectivity index (χ2n) is 22.6. The van der Waals surface area contributed by atoms with Crippen LogP contribution in [0.15, 0.2) is 58.3 Å². The number of nitrogens with two attached hydrogens (primary N) is 1. The van der Waals surface area contributed by atoms with Crippen molar-refractivity contribution in [1.29, 1.82) is 0 Å². The van der Waals surface area contributed by atoms with E-state index < -0.39 is 47.0 Å². The maximum Gasteiger partial charge on any atom is 0.258 e. The van der Waals surface area contributed by atoms with Crippen LogP contribution in [0.5, 0.6) is 5.75 Å². The first kappa shape index (κ1) is 54.6. The number of aliphatic hydroxyl groups excluding tert-OH is 1. The highest BCUT2D eigenvalue weighted by atomic mass is 35.5. The molecular weight excluding hydrogens is 1020 g/mol. The number of anilines is 2. The lowest BCUT2D eigenvalue weighted by molar-refractivity contribution is -0.145. The van der Waals surface area contributed by atoms with E-state index >= 15 is 0 Å². The van der Waals surface area contributed by atoms with Crippen molar-refractivity contribution in [2.45, 2.75) is 158 Å². The summed E-state index contributed by atoms with van der Waals surface area (Å²) in [6, 6.07) is 5.73. The van der Waals surface area contributed by atoms with Gasteiger partial charge in [-0.2, -0.15) is 0 Å². The molecule has 0 bridgehead atoms. The zero-order chi connectivity index (χ0) is 53.2. The lowest BCUT2D eigenvalue weighted by Crippen LogP contribution is -2.59. The first-order valence-corrected chi connectivity index (χ1v) is 28.5. The van der Waals surface area contributed by atoms with Gasteiger partial charge in [-0.3, -0.25) is 19.2 Å². The van der Waals surface area contributed by atoms with Crippen LogP contribution in [0, 0.1) is 23.7 Å². The predicted octanol–water partition coefficient (Wildman–Crippen LogP) is 7.33. The monoisotopic (exact) mass is 1090 g/mol. The second-order valence-corrected chi connectivity index (χ2v) is 24.9. The van der Waals surface area contributed by atoms with Gasteiger partial charge in [0.1, 0.15) is 34.5 Å². The summed E-state index contributed by atoms with van der Waals surface area (Å²) in [4.78, 5) is 80.5. The fourth-order valence-electron chi connectivity index (χ4n) is 10.6. The lowest BCUT2D eigenvalue weighted by atomic mass is 9.80. The first-order valence-electron chi connectivity index (χ1n) is 26.4. The molecule has 21 heteroatoms. The Kier molecular flexibility index (Phi) is 16.6. The summed E-state index contributed by atoms with van der Waals surface area (Å²) in [5.41, 5.74) is 7.75. The number of hydrogen-bond acceptors (Lipinski definition) is 15. The number of carbonyl (C=O) groups is 4. The number of carbonyl (C=O) groups excluding carboxylic acids is 4. The molecule has 2 saturated carbocycles. The van der Waals surface area contributed by atoms with E-state index in [9.17, 15) is 28.7 Å². The third-order valence-electron chi connectivity index (χ3n) is 15.8. The van der Waals surface area contributed by atoms with Crippen LogP contribution in [0.2, 0.25) is 5.02 Å². The highest BCUT2D eigenvalue weighted by Gasteiger charge is 2.53. The topological polar surface area (TPSA) is 221 Å². The molecule has 4 amide bonds. The lowest BCUT2D eigenvalue weighted by Gasteiger charge is -2.39. The van der Waals surface area contributed by atoms with Crippen molar-refractivity contribution in [2.75, 3.05) is 49.5 Å². The smallest absolute Gasteiger partial charge is 0.258 e. The number of aliphatic hydroxyl groups is 1. The Bertz CT molecular complexity index is 2700. The van der Waals surface area contributed by atoms with E-state index in [2.05, 4.69) is 37.7 Å². The Hall–Kier alpha value is -5.15. The fraction of sp³-hybridized carbons (Fsp3) is 0.593. The average molecular weight is 1090 g/mol. The summed E-state index contributed by atoms with van der Waals surface area (Å²) >= 11 is 9.91. The number of thiazole rings is 1. The molecule has 0 spiro atoms. The van der Waals surface area contributed by atoms with Crippen LogP contribution in [0.4, 0.5) is 16.0 Å². The SMILES string of the molecule is Cc1ncsc1-c1ccc(CNC(=O)[C@@H]2C[C@@H](O)CN2C(=O)[C@@H](NC(=O)C2(F)CC2)C(C)(C)C)c(OC2CCC(C(=O)N3CCC(Nc4nccc(Sc5cnc(N6CCC(C)(CN)CC6)cn5)c4Cl)CC3)CC2)c1. The Morgan fingerprint density at radius 2 is 1.72 bits per heavy atom. The fourth-order valence-corrected chi connectivity index (χ4v) is 12.4. The van der Waals surface area contributed by atoms with Gasteiger partial charge in [-0.1, -0.05) is 63.2 Å². The van der Waals surface area contributed by atoms with E-state index in [1.54, 1.807) is 38.7 Å². The maximum atomic E-state index is 14.7. The van der Waals surface area contributed by atoms with E-state index in [4.69, 9.17) is 32.0 Å². The van der Waals surface area contributed by atoms with Crippen molar-refractivity contribution in [3.8, 4) is 16.2 Å². The average Bonchev–Trinajstić information content (AvgIpc) is 3.81. The number of amides is 4. The summed E-state index contributed by atoms with van der Waals surface area (Å²) in [6.07, 6.45) is 10.8. The third-order valence-corrected chi connectivity index (χ3v) is 18.3. The molecule has 0 unspecified atom stereocenters. The van der Waals surface area contributed by atoms with Crippen molar-refractivity contribution in [3.05, 3.63) is 64.6 Å². The maximum absolute atomic E-state index is 14.7. The molecule has 404 valence electrons. The Morgan fingerprint density at radius 1 is 0.987 bits per heavy atom. The van der Waals surface area contributed by atoms with Crippen molar-refractivity contribution < 1.29 is 33.4 Å². The van der Waals surface area contributed by atoms with Crippen LogP contribution in [-0.2, 0) is 25.7 Å². The second kappa shape index (κ2) is 22.8. The van der Waals surface area contributed by atoms with Crippen LogP contribution >= 0.6 is 34.7 Å². The number of rotatable bonds is 16. The highest BCUT2D eigenvalue weighted by molar-refractivity contribution is 7.99. The number of β-amino-alcohol motifs (C(OH)–C–C–N with tert-alkyl or cyclic N) is 1. The van der Waals surface area contributed by atoms with Crippen LogP contribution in [0.1, 0.15) is 110 Å². The van der Waals surface area contributed by atoms with Crippen molar-refractivity contribution >= 4 is 70.0 Å². The number of benzene rings is 1. The molecule has 6 N–H and O–H groups in total. The normalized spacial score (nSPS) is 23.1. The zero-order valence-electron chi connectivity index (χ0n) is 43.6. The molecule has 5 aliphatic rings. The number of pyridine rings is 1. The van der Waals surface area contributed by atoms with Crippen LogP contribution in [0.25, 0.3) is 10.4 Å². The molecule has 17 nitrogen and oxygen atoms in total. The van der Waals surface area contributed by atoms with E-state index in [-0.39, 0.29) is 61.7 Å². The largest absolute Gasteiger partial charge is 0.490 e. The standard InChI is InChI=1S/C54H71ClFN11O6S2/c1-32-45(74-31-62-32)34-6-7-35(26-61-48(69)39-25-37(68)29-67(39)50(71)46(52(2,3)4)64-51(72)54(56)15-16-54)40(24-34)73-38-10-8-33(9-11-38)49(70)66-20-13-36(14-21-66)63-47-44(55)41(12-19-58-47)75-43-28-59-42(27-60-43)65-22-17-53(5,30-57)18-23-65/h6-7,12,19,24,27-28,31,33,36-39,46,68H,8-11,13-18,20-23,25-26,29-30,57H2,1-5H3,(H,58,63)(H,61,69)(H,64,72)/t33?,37-,38?,39+,46-/m1/s1. The molecule has 3 aromatic heterocycles. The molecule has 3 aliphatic heterocycles. The summed E-state index contributed by atoms with van der Waals surface area (Å²) < 4.78 is 21.5. The quantitative estimate of drug-likeness (QED) is 0.0742. The van der Waals surface area contributed by atoms with Gasteiger partial charge < -0.3 is 46.2 Å². The van der Waals surface area contributed by atoms with Gasteiger partial charge in [-0.05, 0) is 106 Å². The number of alkyl halides is 1. The molecular formula is C54H71ClFN11O6S2. The van der Waals surface area contributed by atoms with Gasteiger partial charge in [-0.15, -0.1) is 11.3 Å². The molecule has 3 saturated heterocycles. The van der Waals surface area contributed by atoms with E-state index in [1.165, 1.54) is 28.0 Å². The van der Waals surface area contributed by atoms with Crippen LogP contribution in [0.3, 0.4) is 0 Å². The number of likely N-dealkylation sites (tertiary alicyclic amines) is 2. The molecule has 2 aliphatic carbocycles. The summed E-state index contributed by atoms with van der Waals surface area (Å²) in [6.45, 7) is 13.2. The van der Waals surface area contributed by atoms with Gasteiger partial charge in [-0.25, -0.2) is 24.3 Å². The predicted molar refractivity (Wildman–Crippen MR) is 288 cm³/mol. The molecule has 0 radical (unpaired) electrons. The van der Waals surface area contributed by atoms with Crippen LogP contribution < -0.4 is 31.3 Å².